The molecule has 0 radical (unpaired) electrons. The molecule has 0 spiro atoms. The molecule has 0 saturated heterocycles. The van der Waals surface area contributed by atoms with E-state index in [1.54, 1.807) is 24.5 Å². The summed E-state index contributed by atoms with van der Waals surface area (Å²) >= 11 is 5.61. The Morgan fingerprint density at radius 3 is 2.57 bits per heavy atom. The average Bonchev–Trinajstić information content (AvgIpc) is 2.19. The summed E-state index contributed by atoms with van der Waals surface area (Å²) in [7, 11) is 0. The molecule has 0 aromatic carbocycles. The fourth-order valence-electron chi connectivity index (χ4n) is 1.03. The monoisotopic (exact) mass is 206 g/mol. The normalized spacial score (nSPS) is 10.1. The van der Waals surface area contributed by atoms with Crippen LogP contribution in [0.5, 0.6) is 0 Å². The number of halogens is 1. The lowest BCUT2D eigenvalue weighted by molar-refractivity contribution is 1.18. The fraction of sp³-hybridized carbons (Fsp3) is 0. The van der Waals surface area contributed by atoms with Gasteiger partial charge in [0.25, 0.3) is 0 Å². The molecule has 2 rings (SSSR count). The van der Waals surface area contributed by atoms with Crippen molar-refractivity contribution in [1.29, 1.82) is 0 Å². The number of nitrogens with two attached hydrogens (primary N) is 1. The van der Waals surface area contributed by atoms with Gasteiger partial charge in [0.2, 0.25) is 0 Å². The van der Waals surface area contributed by atoms with Gasteiger partial charge in [-0.3, -0.25) is 4.98 Å². The number of hydrogen-bond donors (Lipinski definition) is 1. The summed E-state index contributed by atoms with van der Waals surface area (Å²) in [5.74, 6) is 0. The molecule has 2 heterocycles. The topological polar surface area (TPSA) is 64.7 Å². The minimum absolute atomic E-state index is 0.359. The summed E-state index contributed by atoms with van der Waals surface area (Å²) in [6, 6.07) is 3.45. The second kappa shape index (κ2) is 3.59. The van der Waals surface area contributed by atoms with Gasteiger partial charge in [-0.2, -0.15) is 0 Å². The molecule has 4 nitrogen and oxygen atoms in total. The molecule has 0 aliphatic rings. The van der Waals surface area contributed by atoms with Gasteiger partial charge in [0.15, 0.2) is 0 Å². The summed E-state index contributed by atoms with van der Waals surface area (Å²) < 4.78 is 0. The largest absolute Gasteiger partial charge is 0.399 e. The van der Waals surface area contributed by atoms with Crippen LogP contribution in [0.25, 0.3) is 11.4 Å². The highest BCUT2D eigenvalue weighted by atomic mass is 35.5. The van der Waals surface area contributed by atoms with Crippen LogP contribution in [0.3, 0.4) is 0 Å². The van der Waals surface area contributed by atoms with Crippen LogP contribution in [0.1, 0.15) is 0 Å². The number of rotatable bonds is 1. The number of aromatic nitrogens is 3. The van der Waals surface area contributed by atoms with Crippen LogP contribution >= 0.6 is 11.6 Å². The highest BCUT2D eigenvalue weighted by molar-refractivity contribution is 6.29. The van der Waals surface area contributed by atoms with Gasteiger partial charge in [-0.15, -0.1) is 0 Å². The number of hydrogen-bond acceptors (Lipinski definition) is 4. The standard InChI is InChI=1S/C9H7ClN4/c10-9-5-13-8(4-14-9)7-3-6(11)1-2-12-7/h1-5H,(H2,11,12). The lowest BCUT2D eigenvalue weighted by Crippen LogP contribution is -1.91. The van der Waals surface area contributed by atoms with E-state index in [2.05, 4.69) is 15.0 Å². The molecule has 70 valence electrons. The molecule has 0 saturated carbocycles. The number of pyridine rings is 1. The summed E-state index contributed by atoms with van der Waals surface area (Å²) in [5, 5.41) is 0.359. The summed E-state index contributed by atoms with van der Waals surface area (Å²) in [6.07, 6.45) is 4.66. The first-order valence-corrected chi connectivity index (χ1v) is 4.33. The van der Waals surface area contributed by atoms with E-state index in [9.17, 15) is 0 Å². The number of nitrogens with zero attached hydrogens (tertiary/aromatic N) is 3. The predicted molar refractivity (Wildman–Crippen MR) is 54.7 cm³/mol. The Morgan fingerprint density at radius 2 is 1.93 bits per heavy atom. The first-order chi connectivity index (χ1) is 6.75. The van der Waals surface area contributed by atoms with Crippen LogP contribution in [0.15, 0.2) is 30.7 Å². The Balaban J connectivity index is 2.44. The maximum absolute atomic E-state index is 5.61. The molecule has 0 aliphatic carbocycles. The first kappa shape index (κ1) is 8.90. The highest BCUT2D eigenvalue weighted by Gasteiger charge is 2.01. The third-order valence-electron chi connectivity index (χ3n) is 1.67. The van der Waals surface area contributed by atoms with Crippen LogP contribution in [-0.4, -0.2) is 15.0 Å². The molecule has 0 fully saturated rings. The van der Waals surface area contributed by atoms with Crippen LogP contribution in [0.4, 0.5) is 5.69 Å². The highest BCUT2D eigenvalue weighted by Crippen LogP contribution is 2.15. The zero-order valence-electron chi connectivity index (χ0n) is 7.18. The SMILES string of the molecule is Nc1ccnc(-c2cnc(Cl)cn2)c1. The minimum atomic E-state index is 0.359. The van der Waals surface area contributed by atoms with Gasteiger partial charge < -0.3 is 5.73 Å². The van der Waals surface area contributed by atoms with Crippen LogP contribution in [0.2, 0.25) is 5.15 Å². The van der Waals surface area contributed by atoms with Gasteiger partial charge in [-0.25, -0.2) is 9.97 Å². The van der Waals surface area contributed by atoms with Crippen molar-refractivity contribution in [2.75, 3.05) is 5.73 Å². The van der Waals surface area contributed by atoms with E-state index in [1.165, 1.54) is 6.20 Å². The third kappa shape index (κ3) is 1.80. The molecule has 14 heavy (non-hydrogen) atoms. The predicted octanol–water partition coefficient (Wildman–Crippen LogP) is 1.77. The molecular formula is C9H7ClN4. The lowest BCUT2D eigenvalue weighted by Gasteiger charge is -1.99. The molecule has 2 aromatic rings. The van der Waals surface area contributed by atoms with Crippen molar-refractivity contribution < 1.29 is 0 Å². The summed E-state index contributed by atoms with van der Waals surface area (Å²) in [5.41, 5.74) is 7.60. The van der Waals surface area contributed by atoms with Crippen LogP contribution in [-0.2, 0) is 0 Å². The van der Waals surface area contributed by atoms with E-state index in [4.69, 9.17) is 17.3 Å². The van der Waals surface area contributed by atoms with Gasteiger partial charge in [0.05, 0.1) is 18.1 Å². The van der Waals surface area contributed by atoms with Crippen LogP contribution in [0, 0.1) is 0 Å². The lowest BCUT2D eigenvalue weighted by atomic mass is 10.2. The van der Waals surface area contributed by atoms with E-state index < -0.39 is 0 Å². The van der Waals surface area contributed by atoms with Crippen molar-refractivity contribution in [3.8, 4) is 11.4 Å². The van der Waals surface area contributed by atoms with Crippen molar-refractivity contribution in [2.45, 2.75) is 0 Å². The van der Waals surface area contributed by atoms with Crippen LogP contribution < -0.4 is 5.73 Å². The van der Waals surface area contributed by atoms with E-state index >= 15 is 0 Å². The van der Waals surface area contributed by atoms with Crippen molar-refractivity contribution in [2.24, 2.45) is 0 Å². The van der Waals surface area contributed by atoms with E-state index in [0.29, 0.717) is 22.2 Å². The Labute approximate surface area is 85.8 Å². The molecule has 0 amide bonds. The molecule has 0 aliphatic heterocycles. The molecule has 5 heteroatoms. The Hall–Kier alpha value is -1.68. The molecule has 2 N–H and O–H groups in total. The fourth-order valence-corrected chi connectivity index (χ4v) is 1.13. The second-order valence-electron chi connectivity index (χ2n) is 2.70. The van der Waals surface area contributed by atoms with Gasteiger partial charge in [-0.1, -0.05) is 11.6 Å². The van der Waals surface area contributed by atoms with Gasteiger partial charge >= 0.3 is 0 Å². The summed E-state index contributed by atoms with van der Waals surface area (Å²) in [4.78, 5) is 12.1. The average molecular weight is 207 g/mol. The molecular weight excluding hydrogens is 200 g/mol. The van der Waals surface area contributed by atoms with Gasteiger partial charge in [0, 0.05) is 11.9 Å². The van der Waals surface area contributed by atoms with Crippen molar-refractivity contribution in [1.82, 2.24) is 15.0 Å². The number of anilines is 1. The third-order valence-corrected chi connectivity index (χ3v) is 1.86. The Morgan fingerprint density at radius 1 is 1.07 bits per heavy atom. The Bertz CT molecular complexity index is 441. The maximum atomic E-state index is 5.61. The van der Waals surface area contributed by atoms with Crippen molar-refractivity contribution in [3.05, 3.63) is 35.9 Å². The number of nitrogen functional groups attached to an aromatic ring is 1. The molecule has 0 atom stereocenters. The smallest absolute Gasteiger partial charge is 0.147 e. The van der Waals surface area contributed by atoms with Crippen molar-refractivity contribution in [3.63, 3.8) is 0 Å². The van der Waals surface area contributed by atoms with E-state index in [0.717, 1.165) is 0 Å². The molecule has 2 aromatic heterocycles. The van der Waals surface area contributed by atoms with E-state index in [1.807, 2.05) is 0 Å². The second-order valence-corrected chi connectivity index (χ2v) is 3.09. The molecule has 0 unspecified atom stereocenters. The Kier molecular flexibility index (Phi) is 2.28. The van der Waals surface area contributed by atoms with Gasteiger partial charge in [-0.05, 0) is 12.1 Å². The zero-order chi connectivity index (χ0) is 9.97. The minimum Gasteiger partial charge on any atom is -0.399 e. The van der Waals surface area contributed by atoms with Gasteiger partial charge in [0.1, 0.15) is 10.8 Å². The zero-order valence-corrected chi connectivity index (χ0v) is 7.94. The summed E-state index contributed by atoms with van der Waals surface area (Å²) in [6.45, 7) is 0. The molecule has 0 bridgehead atoms. The van der Waals surface area contributed by atoms with E-state index in [-0.39, 0.29) is 0 Å². The maximum Gasteiger partial charge on any atom is 0.147 e. The van der Waals surface area contributed by atoms with Crippen molar-refractivity contribution >= 4 is 17.3 Å². The first-order valence-electron chi connectivity index (χ1n) is 3.95. The quantitative estimate of drug-likeness (QED) is 0.773.